The number of rotatable bonds is 5. The molecule has 1 aromatic heterocycles. The van der Waals surface area contributed by atoms with Crippen LogP contribution in [0.2, 0.25) is 0 Å². The average molecular weight is 296 g/mol. The third-order valence-electron chi connectivity index (χ3n) is 3.69. The number of carbonyl (C=O) groups is 1. The van der Waals surface area contributed by atoms with Gasteiger partial charge in [0.05, 0.1) is 19.0 Å². The van der Waals surface area contributed by atoms with Gasteiger partial charge in [-0.2, -0.15) is 0 Å². The Bertz CT molecular complexity index is 481. The highest BCUT2D eigenvalue weighted by molar-refractivity contribution is 7.99. The maximum absolute atomic E-state index is 12.1. The second-order valence-corrected chi connectivity index (χ2v) is 6.08. The molecule has 0 aromatic carbocycles. The first-order valence-electron chi connectivity index (χ1n) is 7.21. The smallest absolute Gasteiger partial charge is 0.233 e. The molecule has 6 nitrogen and oxygen atoms in total. The Labute approximate surface area is 122 Å². The molecule has 0 bridgehead atoms. The van der Waals surface area contributed by atoms with E-state index in [1.54, 1.807) is 0 Å². The summed E-state index contributed by atoms with van der Waals surface area (Å²) < 4.78 is 7.41. The molecule has 1 aromatic rings. The first-order chi connectivity index (χ1) is 9.79. The fourth-order valence-corrected chi connectivity index (χ4v) is 3.29. The van der Waals surface area contributed by atoms with Gasteiger partial charge in [-0.3, -0.25) is 4.79 Å². The minimum absolute atomic E-state index is 0.164. The van der Waals surface area contributed by atoms with Crippen LogP contribution in [0.4, 0.5) is 0 Å². The molecule has 2 fully saturated rings. The van der Waals surface area contributed by atoms with Crippen molar-refractivity contribution in [3.8, 4) is 0 Å². The predicted molar refractivity (Wildman–Crippen MR) is 75.8 cm³/mol. The van der Waals surface area contributed by atoms with Crippen LogP contribution in [-0.2, 0) is 16.1 Å². The molecular weight excluding hydrogens is 276 g/mol. The third-order valence-corrected chi connectivity index (χ3v) is 4.64. The Morgan fingerprint density at radius 3 is 2.75 bits per heavy atom. The molecule has 1 saturated carbocycles. The number of morpholine rings is 1. The minimum atomic E-state index is 0.164. The number of ether oxygens (including phenoxy) is 1. The van der Waals surface area contributed by atoms with Crippen LogP contribution in [0.15, 0.2) is 5.16 Å². The monoisotopic (exact) mass is 296 g/mol. The zero-order chi connectivity index (χ0) is 13.9. The van der Waals surface area contributed by atoms with Crippen molar-refractivity contribution < 1.29 is 9.53 Å². The summed E-state index contributed by atoms with van der Waals surface area (Å²) in [6.07, 6.45) is 2.44. The van der Waals surface area contributed by atoms with Gasteiger partial charge in [0.25, 0.3) is 0 Å². The molecule has 0 unspecified atom stereocenters. The largest absolute Gasteiger partial charge is 0.378 e. The van der Waals surface area contributed by atoms with Crippen LogP contribution >= 0.6 is 11.8 Å². The van der Waals surface area contributed by atoms with E-state index in [0.29, 0.717) is 38.0 Å². The lowest BCUT2D eigenvalue weighted by Gasteiger charge is -2.26. The van der Waals surface area contributed by atoms with Gasteiger partial charge in [-0.05, 0) is 19.8 Å². The molecule has 110 valence electrons. The van der Waals surface area contributed by atoms with Gasteiger partial charge in [0.1, 0.15) is 5.82 Å². The zero-order valence-electron chi connectivity index (χ0n) is 11.7. The molecule has 0 N–H and O–H groups in total. The summed E-state index contributed by atoms with van der Waals surface area (Å²) in [4.78, 5) is 14.0. The average Bonchev–Trinajstić information content (AvgIpc) is 3.26. The molecule has 3 rings (SSSR count). The molecule has 7 heteroatoms. The van der Waals surface area contributed by atoms with E-state index in [-0.39, 0.29) is 5.91 Å². The van der Waals surface area contributed by atoms with Crippen molar-refractivity contribution in [2.45, 2.75) is 37.4 Å². The Kier molecular flexibility index (Phi) is 4.26. The molecule has 0 atom stereocenters. The van der Waals surface area contributed by atoms with Gasteiger partial charge in [-0.15, -0.1) is 10.2 Å². The van der Waals surface area contributed by atoms with Crippen LogP contribution in [0, 0.1) is 0 Å². The fourth-order valence-electron chi connectivity index (χ4n) is 2.38. The third kappa shape index (κ3) is 2.98. The molecule has 1 amide bonds. The first kappa shape index (κ1) is 13.9. The second-order valence-electron chi connectivity index (χ2n) is 5.14. The summed E-state index contributed by atoms with van der Waals surface area (Å²) in [5.41, 5.74) is 0. The lowest BCUT2D eigenvalue weighted by molar-refractivity contribution is -0.132. The highest BCUT2D eigenvalue weighted by Gasteiger charge is 2.30. The number of carbonyl (C=O) groups excluding carboxylic acids is 1. The van der Waals surface area contributed by atoms with Crippen molar-refractivity contribution in [2.75, 3.05) is 32.1 Å². The highest BCUT2D eigenvalue weighted by Crippen LogP contribution is 2.39. The first-order valence-corrected chi connectivity index (χ1v) is 8.19. The van der Waals surface area contributed by atoms with E-state index < -0.39 is 0 Å². The van der Waals surface area contributed by atoms with Crippen LogP contribution < -0.4 is 0 Å². The predicted octanol–water partition coefficient (Wildman–Crippen LogP) is 1.13. The molecule has 2 heterocycles. The Morgan fingerprint density at radius 1 is 1.35 bits per heavy atom. The molecule has 0 spiro atoms. The molecule has 1 aliphatic carbocycles. The summed E-state index contributed by atoms with van der Waals surface area (Å²) in [5, 5.41) is 9.40. The second kappa shape index (κ2) is 6.13. The molecule has 1 aliphatic heterocycles. The summed E-state index contributed by atoms with van der Waals surface area (Å²) in [6.45, 7) is 5.66. The van der Waals surface area contributed by atoms with Crippen LogP contribution in [-0.4, -0.2) is 57.6 Å². The van der Waals surface area contributed by atoms with E-state index in [2.05, 4.69) is 21.7 Å². The van der Waals surface area contributed by atoms with E-state index >= 15 is 0 Å². The molecular formula is C13H20N4O2S. The molecule has 0 radical (unpaired) electrons. The van der Waals surface area contributed by atoms with Crippen molar-refractivity contribution in [2.24, 2.45) is 0 Å². The number of hydrogen-bond acceptors (Lipinski definition) is 5. The van der Waals surface area contributed by atoms with Crippen LogP contribution in [0.3, 0.4) is 0 Å². The maximum Gasteiger partial charge on any atom is 0.233 e. The van der Waals surface area contributed by atoms with Gasteiger partial charge in [0.2, 0.25) is 5.91 Å². The summed E-state index contributed by atoms with van der Waals surface area (Å²) in [6, 6.07) is 0. The topological polar surface area (TPSA) is 60.2 Å². The quantitative estimate of drug-likeness (QED) is 0.762. The van der Waals surface area contributed by atoms with Crippen molar-refractivity contribution in [3.05, 3.63) is 5.82 Å². The van der Waals surface area contributed by atoms with Crippen LogP contribution in [0.1, 0.15) is 31.5 Å². The minimum Gasteiger partial charge on any atom is -0.378 e. The SMILES string of the molecule is CCn1c(SCC(=O)N2CCOCC2)nnc1C1CC1. The number of amides is 1. The van der Waals surface area contributed by atoms with Crippen molar-refractivity contribution in [3.63, 3.8) is 0 Å². The van der Waals surface area contributed by atoms with E-state index in [0.717, 1.165) is 17.5 Å². The Balaban J connectivity index is 1.58. The van der Waals surface area contributed by atoms with Gasteiger partial charge < -0.3 is 14.2 Å². The van der Waals surface area contributed by atoms with Crippen molar-refractivity contribution in [1.82, 2.24) is 19.7 Å². The molecule has 1 saturated heterocycles. The Morgan fingerprint density at radius 2 is 2.10 bits per heavy atom. The van der Waals surface area contributed by atoms with Gasteiger partial charge >= 0.3 is 0 Å². The van der Waals surface area contributed by atoms with E-state index in [1.165, 1.54) is 24.6 Å². The summed E-state index contributed by atoms with van der Waals surface area (Å²) in [7, 11) is 0. The van der Waals surface area contributed by atoms with E-state index in [4.69, 9.17) is 4.74 Å². The fraction of sp³-hybridized carbons (Fsp3) is 0.769. The lowest BCUT2D eigenvalue weighted by Crippen LogP contribution is -2.41. The summed E-state index contributed by atoms with van der Waals surface area (Å²) >= 11 is 1.50. The molecule has 20 heavy (non-hydrogen) atoms. The number of aromatic nitrogens is 3. The zero-order valence-corrected chi connectivity index (χ0v) is 12.6. The van der Waals surface area contributed by atoms with Crippen LogP contribution in [0.25, 0.3) is 0 Å². The normalized spacial score (nSPS) is 19.4. The summed E-state index contributed by atoms with van der Waals surface area (Å²) in [5.74, 6) is 2.28. The van der Waals surface area contributed by atoms with Gasteiger partial charge in [0.15, 0.2) is 5.16 Å². The van der Waals surface area contributed by atoms with Gasteiger partial charge in [-0.1, -0.05) is 11.8 Å². The maximum atomic E-state index is 12.1. The van der Waals surface area contributed by atoms with Gasteiger partial charge in [0, 0.05) is 25.6 Å². The standard InChI is InChI=1S/C13H20N4O2S/c1-2-17-12(10-3-4-10)14-15-13(17)20-9-11(18)16-5-7-19-8-6-16/h10H,2-9H2,1H3. The van der Waals surface area contributed by atoms with Crippen LogP contribution in [0.5, 0.6) is 0 Å². The molecule has 2 aliphatic rings. The Hall–Kier alpha value is -1.08. The highest BCUT2D eigenvalue weighted by atomic mass is 32.2. The lowest BCUT2D eigenvalue weighted by atomic mass is 10.4. The van der Waals surface area contributed by atoms with Crippen molar-refractivity contribution >= 4 is 17.7 Å². The van der Waals surface area contributed by atoms with E-state index in [1.807, 2.05) is 4.90 Å². The van der Waals surface area contributed by atoms with E-state index in [9.17, 15) is 4.79 Å². The number of nitrogens with zero attached hydrogens (tertiary/aromatic N) is 4. The number of thioether (sulfide) groups is 1. The van der Waals surface area contributed by atoms with Gasteiger partial charge in [-0.25, -0.2) is 0 Å². The number of hydrogen-bond donors (Lipinski definition) is 0. The van der Waals surface area contributed by atoms with Crippen molar-refractivity contribution in [1.29, 1.82) is 0 Å².